The first-order valence-electron chi connectivity index (χ1n) is 8.81. The molecule has 0 aromatic heterocycles. The van der Waals surface area contributed by atoms with Gasteiger partial charge in [0.25, 0.3) is 17.7 Å². The Morgan fingerprint density at radius 3 is 2.21 bits per heavy atom. The Kier molecular flexibility index (Phi) is 5.26. The van der Waals surface area contributed by atoms with E-state index in [0.717, 1.165) is 16.0 Å². The molecule has 2 aromatic rings. The minimum atomic E-state index is -1.14. The normalized spacial score (nSPS) is 13.9. The van der Waals surface area contributed by atoms with Crippen molar-refractivity contribution in [3.63, 3.8) is 0 Å². The van der Waals surface area contributed by atoms with Crippen molar-refractivity contribution in [3.05, 3.63) is 64.7 Å². The Morgan fingerprint density at radius 2 is 1.61 bits per heavy atom. The average Bonchev–Trinajstić information content (AvgIpc) is 2.94. The second-order valence-corrected chi connectivity index (χ2v) is 6.61. The molecular weight excluding hydrogens is 360 g/mol. The summed E-state index contributed by atoms with van der Waals surface area (Å²) >= 11 is 0. The summed E-state index contributed by atoms with van der Waals surface area (Å²) in [5, 5.41) is 2.68. The van der Waals surface area contributed by atoms with Crippen molar-refractivity contribution in [3.8, 4) is 0 Å². The van der Waals surface area contributed by atoms with Gasteiger partial charge in [-0.1, -0.05) is 24.3 Å². The van der Waals surface area contributed by atoms with E-state index in [2.05, 4.69) is 5.32 Å². The second-order valence-electron chi connectivity index (χ2n) is 6.61. The van der Waals surface area contributed by atoms with Crippen LogP contribution in [0.4, 0.5) is 5.69 Å². The van der Waals surface area contributed by atoms with E-state index in [4.69, 9.17) is 4.74 Å². The number of carbonyl (C=O) groups excluding carboxylic acids is 4. The molecule has 1 heterocycles. The highest BCUT2D eigenvalue weighted by Crippen LogP contribution is 2.24. The summed E-state index contributed by atoms with van der Waals surface area (Å²) in [6, 6.07) is 10.7. The van der Waals surface area contributed by atoms with Gasteiger partial charge in [-0.05, 0) is 50.1 Å². The Hall–Kier alpha value is -3.48. The number of fused-ring (bicyclic) bond motifs is 1. The molecule has 0 saturated carbocycles. The van der Waals surface area contributed by atoms with Crippen LogP contribution in [-0.2, 0) is 14.3 Å². The van der Waals surface area contributed by atoms with Crippen molar-refractivity contribution in [2.45, 2.75) is 26.8 Å². The highest BCUT2D eigenvalue weighted by atomic mass is 16.5. The van der Waals surface area contributed by atoms with Crippen LogP contribution in [0, 0.1) is 13.8 Å². The van der Waals surface area contributed by atoms with Crippen LogP contribution < -0.4 is 5.32 Å². The van der Waals surface area contributed by atoms with Gasteiger partial charge >= 0.3 is 5.97 Å². The lowest BCUT2D eigenvalue weighted by molar-refractivity contribution is -0.150. The van der Waals surface area contributed by atoms with E-state index in [9.17, 15) is 19.2 Å². The van der Waals surface area contributed by atoms with Gasteiger partial charge in [0.05, 0.1) is 11.1 Å². The third kappa shape index (κ3) is 3.51. The first-order valence-corrected chi connectivity index (χ1v) is 8.81. The number of benzene rings is 2. The van der Waals surface area contributed by atoms with Crippen molar-refractivity contribution >= 4 is 29.4 Å². The molecule has 144 valence electrons. The summed E-state index contributed by atoms with van der Waals surface area (Å²) in [7, 11) is 0. The van der Waals surface area contributed by atoms with Crippen LogP contribution in [0.5, 0.6) is 0 Å². The third-order valence-corrected chi connectivity index (χ3v) is 4.78. The zero-order valence-corrected chi connectivity index (χ0v) is 15.8. The molecule has 2 aromatic carbocycles. The lowest BCUT2D eigenvalue weighted by atomic mass is 10.1. The largest absolute Gasteiger partial charge is 0.454 e. The number of ether oxygens (including phenoxy) is 1. The summed E-state index contributed by atoms with van der Waals surface area (Å²) in [6.45, 7) is 4.68. The number of hydrogen-bond donors (Lipinski definition) is 1. The Bertz CT molecular complexity index is 948. The number of nitrogens with one attached hydrogen (secondary N) is 1. The number of carbonyl (C=O) groups is 4. The number of imide groups is 1. The van der Waals surface area contributed by atoms with Crippen LogP contribution in [-0.4, -0.2) is 41.2 Å². The average molecular weight is 380 g/mol. The SMILES string of the molecule is Cc1cccc(NC(=O)COC(=O)C(C)N2C(=O)c3ccccc3C2=O)c1C. The van der Waals surface area contributed by atoms with Gasteiger partial charge in [-0.25, -0.2) is 4.79 Å². The van der Waals surface area contributed by atoms with Crippen LogP contribution in [0.2, 0.25) is 0 Å². The highest BCUT2D eigenvalue weighted by molar-refractivity contribution is 6.22. The Morgan fingerprint density at radius 1 is 1.00 bits per heavy atom. The zero-order valence-electron chi connectivity index (χ0n) is 15.8. The molecule has 0 spiro atoms. The number of hydrogen-bond acceptors (Lipinski definition) is 5. The standard InChI is InChI=1S/C21H20N2O5/c1-12-7-6-10-17(13(12)2)22-18(24)11-28-21(27)14(3)23-19(25)15-8-4-5-9-16(15)20(23)26/h4-10,14H,11H2,1-3H3,(H,22,24). The highest BCUT2D eigenvalue weighted by Gasteiger charge is 2.41. The Labute approximate surface area is 162 Å². The quantitative estimate of drug-likeness (QED) is 0.635. The van der Waals surface area contributed by atoms with Crippen molar-refractivity contribution in [2.24, 2.45) is 0 Å². The van der Waals surface area contributed by atoms with Gasteiger partial charge in [0, 0.05) is 5.69 Å². The van der Waals surface area contributed by atoms with E-state index in [1.54, 1.807) is 18.2 Å². The molecule has 1 aliphatic heterocycles. The molecule has 0 bridgehead atoms. The zero-order chi connectivity index (χ0) is 20.4. The molecule has 1 unspecified atom stereocenters. The van der Waals surface area contributed by atoms with E-state index in [1.165, 1.54) is 19.1 Å². The summed E-state index contributed by atoms with van der Waals surface area (Å²) in [5.74, 6) is -2.43. The van der Waals surface area contributed by atoms with Crippen molar-refractivity contribution in [1.82, 2.24) is 4.90 Å². The van der Waals surface area contributed by atoms with Crippen molar-refractivity contribution in [2.75, 3.05) is 11.9 Å². The molecule has 1 atom stereocenters. The Balaban J connectivity index is 1.61. The molecular formula is C21H20N2O5. The van der Waals surface area contributed by atoms with Gasteiger partial charge in [0.2, 0.25) is 0 Å². The fourth-order valence-corrected chi connectivity index (χ4v) is 3.00. The number of esters is 1. The van der Waals surface area contributed by atoms with Crippen molar-refractivity contribution < 1.29 is 23.9 Å². The number of aryl methyl sites for hydroxylation is 1. The molecule has 0 radical (unpaired) electrons. The predicted octanol–water partition coefficient (Wildman–Crippen LogP) is 2.47. The molecule has 0 fully saturated rings. The summed E-state index contributed by atoms with van der Waals surface area (Å²) in [6.07, 6.45) is 0. The van der Waals surface area contributed by atoms with Crippen LogP contribution in [0.1, 0.15) is 38.8 Å². The lowest BCUT2D eigenvalue weighted by Gasteiger charge is -2.20. The van der Waals surface area contributed by atoms with Crippen LogP contribution >= 0.6 is 0 Å². The second kappa shape index (κ2) is 7.64. The van der Waals surface area contributed by atoms with Gasteiger partial charge < -0.3 is 10.1 Å². The van der Waals surface area contributed by atoms with Gasteiger partial charge in [-0.2, -0.15) is 0 Å². The van der Waals surface area contributed by atoms with Gasteiger partial charge in [-0.3, -0.25) is 19.3 Å². The molecule has 3 rings (SSSR count). The van der Waals surface area contributed by atoms with Gasteiger partial charge in [0.1, 0.15) is 6.04 Å². The lowest BCUT2D eigenvalue weighted by Crippen LogP contribution is -2.44. The van der Waals surface area contributed by atoms with Gasteiger partial charge in [0.15, 0.2) is 6.61 Å². The fraction of sp³-hybridized carbons (Fsp3) is 0.238. The topological polar surface area (TPSA) is 92.8 Å². The minimum absolute atomic E-state index is 0.250. The molecule has 1 aliphatic rings. The molecule has 7 heteroatoms. The van der Waals surface area contributed by atoms with E-state index < -0.39 is 36.3 Å². The molecule has 0 saturated heterocycles. The van der Waals surface area contributed by atoms with E-state index in [0.29, 0.717) is 5.69 Å². The van der Waals surface area contributed by atoms with Crippen molar-refractivity contribution in [1.29, 1.82) is 0 Å². The fourth-order valence-electron chi connectivity index (χ4n) is 3.00. The minimum Gasteiger partial charge on any atom is -0.454 e. The maximum atomic E-state index is 12.4. The van der Waals surface area contributed by atoms with Crippen LogP contribution in [0.25, 0.3) is 0 Å². The summed E-state index contributed by atoms with van der Waals surface area (Å²) < 4.78 is 5.02. The molecule has 0 aliphatic carbocycles. The first kappa shape index (κ1) is 19.3. The number of rotatable bonds is 5. The summed E-state index contributed by atoms with van der Waals surface area (Å²) in [4.78, 5) is 50.1. The van der Waals surface area contributed by atoms with Gasteiger partial charge in [-0.15, -0.1) is 0 Å². The molecule has 1 N–H and O–H groups in total. The summed E-state index contributed by atoms with van der Waals surface area (Å²) in [5.41, 5.74) is 3.07. The maximum absolute atomic E-state index is 12.4. The number of nitrogens with zero attached hydrogens (tertiary/aromatic N) is 1. The monoisotopic (exact) mass is 380 g/mol. The number of amides is 3. The van der Waals surface area contributed by atoms with E-state index in [-0.39, 0.29) is 11.1 Å². The first-order chi connectivity index (χ1) is 13.3. The number of anilines is 1. The van der Waals surface area contributed by atoms with E-state index in [1.807, 2.05) is 26.0 Å². The van der Waals surface area contributed by atoms with E-state index >= 15 is 0 Å². The molecule has 7 nitrogen and oxygen atoms in total. The van der Waals surface area contributed by atoms with Crippen LogP contribution in [0.15, 0.2) is 42.5 Å². The maximum Gasteiger partial charge on any atom is 0.329 e. The molecule has 28 heavy (non-hydrogen) atoms. The predicted molar refractivity (Wildman–Crippen MR) is 102 cm³/mol. The smallest absolute Gasteiger partial charge is 0.329 e. The molecule has 3 amide bonds. The van der Waals surface area contributed by atoms with Crippen LogP contribution in [0.3, 0.4) is 0 Å². The third-order valence-electron chi connectivity index (χ3n) is 4.78.